The summed E-state index contributed by atoms with van der Waals surface area (Å²) >= 11 is 0. The summed E-state index contributed by atoms with van der Waals surface area (Å²) in [5, 5.41) is 4.03. The second kappa shape index (κ2) is 9.71. The van der Waals surface area contributed by atoms with Gasteiger partial charge in [-0.3, -0.25) is 0 Å². The second-order valence-electron chi connectivity index (χ2n) is 7.64. The van der Waals surface area contributed by atoms with E-state index < -0.39 is 11.8 Å². The lowest BCUT2D eigenvalue weighted by atomic mass is 9.92. The molecule has 158 valence electrons. The van der Waals surface area contributed by atoms with Crippen molar-refractivity contribution in [1.82, 2.24) is 10.1 Å². The van der Waals surface area contributed by atoms with Crippen molar-refractivity contribution < 1.29 is 23.2 Å². The topological polar surface area (TPSA) is 77.7 Å². The Morgan fingerprint density at radius 3 is 2.72 bits per heavy atom. The summed E-state index contributed by atoms with van der Waals surface area (Å²) in [4.78, 5) is 18.0. The normalized spacial score (nSPS) is 15.0. The molecule has 0 spiro atoms. The molecule has 0 atom stereocenters. The van der Waals surface area contributed by atoms with Gasteiger partial charge in [0.25, 0.3) is 0 Å². The van der Waals surface area contributed by atoms with Gasteiger partial charge in [-0.25, -0.2) is 9.18 Å². The quantitative estimate of drug-likeness (QED) is 0.481. The number of benzene rings is 1. The molecule has 1 aromatic heterocycles. The van der Waals surface area contributed by atoms with E-state index in [1.165, 1.54) is 19.2 Å². The Hall–Kier alpha value is -2.64. The van der Waals surface area contributed by atoms with Gasteiger partial charge in [0.05, 0.1) is 19.3 Å². The van der Waals surface area contributed by atoms with Gasteiger partial charge in [-0.2, -0.15) is 4.98 Å². The highest BCUT2D eigenvalue weighted by Crippen LogP contribution is 2.26. The summed E-state index contributed by atoms with van der Waals surface area (Å²) in [6, 6.07) is 4.81. The van der Waals surface area contributed by atoms with Crippen LogP contribution in [-0.4, -0.2) is 42.9 Å². The molecule has 3 rings (SSSR count). The molecule has 1 aliphatic rings. The molecule has 1 aliphatic heterocycles. The van der Waals surface area contributed by atoms with E-state index >= 15 is 0 Å². The average molecular weight is 405 g/mol. The fourth-order valence-corrected chi connectivity index (χ4v) is 3.43. The maximum Gasteiger partial charge on any atom is 0.340 e. The summed E-state index contributed by atoms with van der Waals surface area (Å²) in [7, 11) is 1.22. The lowest BCUT2D eigenvalue weighted by Gasteiger charge is -2.30. The first-order valence-electron chi connectivity index (χ1n) is 10.1. The lowest BCUT2D eigenvalue weighted by molar-refractivity contribution is 0.0595. The van der Waals surface area contributed by atoms with Crippen LogP contribution in [-0.2, 0) is 4.74 Å². The van der Waals surface area contributed by atoms with E-state index in [4.69, 9.17) is 9.26 Å². The van der Waals surface area contributed by atoms with Gasteiger partial charge in [-0.05, 0) is 43.7 Å². The Kier molecular flexibility index (Phi) is 7.06. The largest absolute Gasteiger partial charge is 0.493 e. The molecule has 0 bridgehead atoms. The number of nitrogens with zero attached hydrogens (tertiary/aromatic N) is 3. The fraction of sp³-hybridized carbons (Fsp3) is 0.571. The number of piperidine rings is 1. The summed E-state index contributed by atoms with van der Waals surface area (Å²) < 4.78 is 29.4. The number of ether oxygens (including phenoxy) is 2. The van der Waals surface area contributed by atoms with E-state index in [-0.39, 0.29) is 11.5 Å². The molecule has 1 saturated heterocycles. The van der Waals surface area contributed by atoms with Crippen LogP contribution in [0.3, 0.4) is 0 Å². The first-order valence-corrected chi connectivity index (χ1v) is 10.1. The van der Waals surface area contributed by atoms with Gasteiger partial charge in [-0.1, -0.05) is 19.0 Å². The Bertz CT molecular complexity index is 816. The van der Waals surface area contributed by atoms with E-state index in [0.29, 0.717) is 24.3 Å². The minimum absolute atomic E-state index is 0.0895. The predicted octanol–water partition coefficient (Wildman–Crippen LogP) is 4.19. The summed E-state index contributed by atoms with van der Waals surface area (Å²) in [6.45, 7) is 6.42. The van der Waals surface area contributed by atoms with Crippen LogP contribution in [0, 0.1) is 11.7 Å². The minimum atomic E-state index is -0.693. The number of carbonyl (C=O) groups excluding carboxylic acids is 1. The maximum atomic E-state index is 13.9. The summed E-state index contributed by atoms with van der Waals surface area (Å²) in [5.74, 6) is 0.721. The van der Waals surface area contributed by atoms with E-state index in [0.717, 1.165) is 44.6 Å². The molecule has 0 radical (unpaired) electrons. The van der Waals surface area contributed by atoms with Gasteiger partial charge in [0.2, 0.25) is 0 Å². The van der Waals surface area contributed by atoms with Crippen LogP contribution >= 0.6 is 0 Å². The van der Waals surface area contributed by atoms with Gasteiger partial charge < -0.3 is 18.9 Å². The first-order chi connectivity index (χ1) is 14.0. The van der Waals surface area contributed by atoms with E-state index in [2.05, 4.69) is 19.8 Å². The molecule has 2 aromatic rings. The third-order valence-electron chi connectivity index (χ3n) is 5.20. The molecular formula is C21H28FN3O4. The number of halogens is 1. The van der Waals surface area contributed by atoms with Crippen molar-refractivity contribution in [2.75, 3.05) is 31.7 Å². The molecule has 2 heterocycles. The number of anilines is 1. The molecule has 0 amide bonds. The molecule has 7 nitrogen and oxygen atoms in total. The molecule has 29 heavy (non-hydrogen) atoms. The van der Waals surface area contributed by atoms with Crippen LogP contribution in [0.2, 0.25) is 0 Å². The smallest absolute Gasteiger partial charge is 0.340 e. The van der Waals surface area contributed by atoms with Crippen LogP contribution in [0.1, 0.15) is 61.6 Å². The van der Waals surface area contributed by atoms with E-state index in [1.54, 1.807) is 6.07 Å². The van der Waals surface area contributed by atoms with Gasteiger partial charge in [0.15, 0.2) is 5.82 Å². The van der Waals surface area contributed by atoms with Crippen molar-refractivity contribution in [3.63, 3.8) is 0 Å². The Morgan fingerprint density at radius 2 is 2.10 bits per heavy atom. The lowest BCUT2D eigenvalue weighted by Crippen LogP contribution is -2.34. The van der Waals surface area contributed by atoms with Crippen molar-refractivity contribution in [1.29, 1.82) is 0 Å². The van der Waals surface area contributed by atoms with Crippen molar-refractivity contribution >= 4 is 12.0 Å². The third-order valence-corrected chi connectivity index (χ3v) is 5.20. The average Bonchev–Trinajstić information content (AvgIpc) is 3.22. The van der Waals surface area contributed by atoms with E-state index in [1.807, 2.05) is 13.8 Å². The van der Waals surface area contributed by atoms with Crippen molar-refractivity contribution in [3.05, 3.63) is 35.4 Å². The molecular weight excluding hydrogens is 377 g/mol. The number of esters is 1. The zero-order valence-electron chi connectivity index (χ0n) is 17.2. The molecule has 0 aliphatic carbocycles. The number of rotatable bonds is 8. The van der Waals surface area contributed by atoms with E-state index in [9.17, 15) is 9.18 Å². The second-order valence-corrected chi connectivity index (χ2v) is 7.64. The molecule has 0 N–H and O–H groups in total. The number of hydrogen-bond donors (Lipinski definition) is 0. The molecule has 0 unspecified atom stereocenters. The molecule has 1 fully saturated rings. The fourth-order valence-electron chi connectivity index (χ4n) is 3.43. The Balaban J connectivity index is 1.37. The highest BCUT2D eigenvalue weighted by molar-refractivity contribution is 5.89. The number of hydrogen-bond acceptors (Lipinski definition) is 7. The van der Waals surface area contributed by atoms with Gasteiger partial charge in [0.1, 0.15) is 11.6 Å². The third kappa shape index (κ3) is 5.46. The van der Waals surface area contributed by atoms with Crippen molar-refractivity contribution in [2.45, 2.75) is 45.4 Å². The van der Waals surface area contributed by atoms with Crippen LogP contribution in [0.15, 0.2) is 22.7 Å². The highest BCUT2D eigenvalue weighted by atomic mass is 19.1. The predicted molar refractivity (Wildman–Crippen MR) is 106 cm³/mol. The standard InChI is InChI=1S/C21H28FN3O4/c1-14(2)19-23-21(29-24-19)25-10-8-15(9-11-25)5-4-12-28-16-6-7-17(18(22)13-16)20(26)27-3/h6-7,13-15H,4-5,8-12H2,1-3H3. The molecule has 1 aromatic carbocycles. The molecule has 8 heteroatoms. The SMILES string of the molecule is COC(=O)c1ccc(OCCCC2CCN(c3nc(C(C)C)no3)CC2)cc1F. The van der Waals surface area contributed by atoms with Crippen molar-refractivity contribution in [2.24, 2.45) is 5.92 Å². The summed E-state index contributed by atoms with van der Waals surface area (Å²) in [5.41, 5.74) is -0.0895. The Labute approximate surface area is 170 Å². The van der Waals surface area contributed by atoms with Gasteiger partial charge in [0, 0.05) is 25.1 Å². The van der Waals surface area contributed by atoms with Gasteiger partial charge in [-0.15, -0.1) is 0 Å². The number of aromatic nitrogens is 2. The van der Waals surface area contributed by atoms with Crippen LogP contribution in [0.4, 0.5) is 10.4 Å². The first kappa shape index (κ1) is 21.1. The maximum absolute atomic E-state index is 13.9. The molecule has 0 saturated carbocycles. The number of methoxy groups -OCH3 is 1. The minimum Gasteiger partial charge on any atom is -0.493 e. The zero-order valence-corrected chi connectivity index (χ0v) is 17.2. The highest BCUT2D eigenvalue weighted by Gasteiger charge is 2.23. The van der Waals surface area contributed by atoms with Crippen molar-refractivity contribution in [3.8, 4) is 5.75 Å². The zero-order chi connectivity index (χ0) is 20.8. The van der Waals surface area contributed by atoms with Crippen LogP contribution in [0.25, 0.3) is 0 Å². The van der Waals surface area contributed by atoms with Crippen LogP contribution in [0.5, 0.6) is 5.75 Å². The van der Waals surface area contributed by atoms with Gasteiger partial charge >= 0.3 is 12.0 Å². The number of carbonyl (C=O) groups is 1. The Morgan fingerprint density at radius 1 is 1.34 bits per heavy atom. The monoisotopic (exact) mass is 405 g/mol. The van der Waals surface area contributed by atoms with Crippen LogP contribution < -0.4 is 9.64 Å². The summed E-state index contributed by atoms with van der Waals surface area (Å²) in [6.07, 6.45) is 4.09.